The van der Waals surface area contributed by atoms with E-state index in [-0.39, 0.29) is 17.7 Å². The Labute approximate surface area is 189 Å². The normalized spacial score (nSPS) is 14.4. The summed E-state index contributed by atoms with van der Waals surface area (Å²) in [6, 6.07) is 17.4. The highest BCUT2D eigenvalue weighted by molar-refractivity contribution is 7.13. The van der Waals surface area contributed by atoms with Crippen molar-refractivity contribution in [1.29, 1.82) is 0 Å². The summed E-state index contributed by atoms with van der Waals surface area (Å²) in [4.78, 5) is 36.9. The van der Waals surface area contributed by atoms with Gasteiger partial charge in [0.25, 0.3) is 5.91 Å². The van der Waals surface area contributed by atoms with Gasteiger partial charge in [-0.2, -0.15) is 0 Å². The highest BCUT2D eigenvalue weighted by Gasteiger charge is 2.28. The third-order valence-electron chi connectivity index (χ3n) is 5.86. The van der Waals surface area contributed by atoms with Gasteiger partial charge in [-0.15, -0.1) is 11.3 Å². The standard InChI is InChI=1S/C25H22N4O2S/c30-24(17-8-10-29(11-9-17)25(31)18-4-2-1-3-5-18)28-23-13-21-12-19(22-15-26-16-32-22)6-7-20(21)14-27-23/h1-7,12-17H,8-11H2,(H,27,28,30). The van der Waals surface area contributed by atoms with Crippen LogP contribution in [0.15, 0.2) is 72.5 Å². The summed E-state index contributed by atoms with van der Waals surface area (Å²) in [7, 11) is 0. The number of likely N-dealkylation sites (tertiary alicyclic amines) is 1. The lowest BCUT2D eigenvalue weighted by Crippen LogP contribution is -2.41. The number of thiazole rings is 1. The van der Waals surface area contributed by atoms with Gasteiger partial charge in [-0.3, -0.25) is 14.6 Å². The van der Waals surface area contributed by atoms with Crippen LogP contribution >= 0.6 is 11.3 Å². The molecule has 3 heterocycles. The van der Waals surface area contributed by atoms with Crippen molar-refractivity contribution in [3.63, 3.8) is 0 Å². The van der Waals surface area contributed by atoms with Crippen LogP contribution in [0, 0.1) is 5.92 Å². The maximum atomic E-state index is 12.8. The molecule has 6 nitrogen and oxygen atoms in total. The molecule has 0 saturated carbocycles. The first-order valence-electron chi connectivity index (χ1n) is 10.6. The van der Waals surface area contributed by atoms with Crippen LogP contribution in [0.2, 0.25) is 0 Å². The van der Waals surface area contributed by atoms with E-state index in [4.69, 9.17) is 0 Å². The molecule has 2 amide bonds. The zero-order valence-corrected chi connectivity index (χ0v) is 18.2. The van der Waals surface area contributed by atoms with Crippen LogP contribution in [0.25, 0.3) is 21.2 Å². The first-order valence-corrected chi connectivity index (χ1v) is 11.5. The van der Waals surface area contributed by atoms with Gasteiger partial charge in [0, 0.05) is 42.4 Å². The van der Waals surface area contributed by atoms with Crippen molar-refractivity contribution in [3.05, 3.63) is 78.1 Å². The van der Waals surface area contributed by atoms with Crippen molar-refractivity contribution in [2.75, 3.05) is 18.4 Å². The van der Waals surface area contributed by atoms with Crippen LogP contribution in [0.4, 0.5) is 5.82 Å². The number of anilines is 1. The monoisotopic (exact) mass is 442 g/mol. The van der Waals surface area contributed by atoms with E-state index >= 15 is 0 Å². The van der Waals surface area contributed by atoms with Crippen molar-refractivity contribution in [2.45, 2.75) is 12.8 Å². The topological polar surface area (TPSA) is 75.2 Å². The molecule has 0 spiro atoms. The Hall–Kier alpha value is -3.58. The molecule has 160 valence electrons. The van der Waals surface area contributed by atoms with Crippen molar-refractivity contribution in [2.24, 2.45) is 5.92 Å². The summed E-state index contributed by atoms with van der Waals surface area (Å²) >= 11 is 1.59. The summed E-state index contributed by atoms with van der Waals surface area (Å²) in [6.07, 6.45) is 4.92. The Balaban J connectivity index is 1.23. The number of benzene rings is 2. The summed E-state index contributed by atoms with van der Waals surface area (Å²) in [5.41, 5.74) is 3.60. The number of rotatable bonds is 4. The number of nitrogens with one attached hydrogen (secondary N) is 1. The molecule has 1 fully saturated rings. The van der Waals surface area contributed by atoms with Gasteiger partial charge >= 0.3 is 0 Å². The number of carbonyl (C=O) groups is 2. The molecule has 1 N–H and O–H groups in total. The molecular formula is C25H22N4O2S. The third-order valence-corrected chi connectivity index (χ3v) is 6.69. The van der Waals surface area contributed by atoms with Gasteiger partial charge in [0.2, 0.25) is 5.91 Å². The second-order valence-corrected chi connectivity index (χ2v) is 8.81. The summed E-state index contributed by atoms with van der Waals surface area (Å²) in [5, 5.41) is 5.01. The average Bonchev–Trinajstić information content (AvgIpc) is 3.39. The Morgan fingerprint density at radius 2 is 1.78 bits per heavy atom. The van der Waals surface area contributed by atoms with E-state index in [9.17, 15) is 9.59 Å². The number of pyridine rings is 1. The molecule has 32 heavy (non-hydrogen) atoms. The van der Waals surface area contributed by atoms with Crippen LogP contribution in [0.1, 0.15) is 23.2 Å². The molecule has 1 saturated heterocycles. The molecule has 0 atom stereocenters. The van der Waals surface area contributed by atoms with Crippen LogP contribution in [0.5, 0.6) is 0 Å². The number of fused-ring (bicyclic) bond motifs is 1. The number of hydrogen-bond donors (Lipinski definition) is 1. The molecule has 7 heteroatoms. The molecule has 0 unspecified atom stereocenters. The highest BCUT2D eigenvalue weighted by atomic mass is 32.1. The third kappa shape index (κ3) is 4.24. The first kappa shape index (κ1) is 20.3. The summed E-state index contributed by atoms with van der Waals surface area (Å²) in [6.45, 7) is 1.16. The lowest BCUT2D eigenvalue weighted by Gasteiger charge is -2.31. The van der Waals surface area contributed by atoms with Gasteiger partial charge in [-0.1, -0.05) is 30.3 Å². The fourth-order valence-corrected chi connectivity index (χ4v) is 4.68. The highest BCUT2D eigenvalue weighted by Crippen LogP contribution is 2.28. The van der Waals surface area contributed by atoms with Crippen LogP contribution < -0.4 is 5.32 Å². The Kier molecular flexibility index (Phi) is 5.64. The zero-order chi connectivity index (χ0) is 21.9. The van der Waals surface area contributed by atoms with E-state index in [1.807, 2.05) is 59.1 Å². The molecular weight excluding hydrogens is 420 g/mol. The molecule has 0 aliphatic carbocycles. The smallest absolute Gasteiger partial charge is 0.253 e. The molecule has 4 aromatic rings. The summed E-state index contributed by atoms with van der Waals surface area (Å²) in [5.74, 6) is 0.405. The molecule has 0 radical (unpaired) electrons. The fourth-order valence-electron chi connectivity index (χ4n) is 4.06. The maximum Gasteiger partial charge on any atom is 0.253 e. The van der Waals surface area contributed by atoms with E-state index in [0.29, 0.717) is 37.3 Å². The number of piperidine rings is 1. The maximum absolute atomic E-state index is 12.8. The Bertz CT molecular complexity index is 1250. The number of hydrogen-bond acceptors (Lipinski definition) is 5. The van der Waals surface area contributed by atoms with Crippen LogP contribution in [0.3, 0.4) is 0 Å². The quantitative estimate of drug-likeness (QED) is 0.490. The molecule has 5 rings (SSSR count). The van der Waals surface area contributed by atoms with E-state index in [2.05, 4.69) is 27.4 Å². The number of amides is 2. The SMILES string of the molecule is O=C(Nc1cc2cc(-c3cncs3)ccc2cn1)C1CCN(C(=O)c2ccccc2)CC1. The summed E-state index contributed by atoms with van der Waals surface area (Å²) < 4.78 is 0. The second kappa shape index (κ2) is 8.88. The first-order chi connectivity index (χ1) is 15.7. The van der Waals surface area contributed by atoms with Gasteiger partial charge in [-0.05, 0) is 48.1 Å². The largest absolute Gasteiger partial charge is 0.339 e. The lowest BCUT2D eigenvalue weighted by molar-refractivity contribution is -0.121. The lowest BCUT2D eigenvalue weighted by atomic mass is 9.95. The zero-order valence-electron chi connectivity index (χ0n) is 17.4. The fraction of sp³-hybridized carbons (Fsp3) is 0.200. The van der Waals surface area contributed by atoms with Crippen LogP contribution in [-0.4, -0.2) is 39.8 Å². The second-order valence-electron chi connectivity index (χ2n) is 7.92. The minimum Gasteiger partial charge on any atom is -0.339 e. The van der Waals surface area contributed by atoms with Crippen LogP contribution in [-0.2, 0) is 4.79 Å². The Morgan fingerprint density at radius 1 is 0.969 bits per heavy atom. The minimum atomic E-state index is -0.129. The van der Waals surface area contributed by atoms with Gasteiger partial charge in [0.05, 0.1) is 10.4 Å². The molecule has 2 aromatic carbocycles. The molecule has 1 aliphatic rings. The molecule has 1 aliphatic heterocycles. The van der Waals surface area contributed by atoms with Crippen molar-refractivity contribution in [1.82, 2.24) is 14.9 Å². The van der Waals surface area contributed by atoms with E-state index in [1.54, 1.807) is 17.5 Å². The van der Waals surface area contributed by atoms with Gasteiger partial charge in [0.15, 0.2) is 0 Å². The van der Waals surface area contributed by atoms with Crippen molar-refractivity contribution < 1.29 is 9.59 Å². The van der Waals surface area contributed by atoms with Gasteiger partial charge in [0.1, 0.15) is 5.82 Å². The predicted molar refractivity (Wildman–Crippen MR) is 127 cm³/mol. The van der Waals surface area contributed by atoms with Gasteiger partial charge in [-0.25, -0.2) is 4.98 Å². The predicted octanol–water partition coefficient (Wildman–Crippen LogP) is 4.85. The van der Waals surface area contributed by atoms with E-state index in [0.717, 1.165) is 21.2 Å². The molecule has 2 aromatic heterocycles. The average molecular weight is 443 g/mol. The number of aromatic nitrogens is 2. The minimum absolute atomic E-state index is 0.0254. The van der Waals surface area contributed by atoms with E-state index in [1.165, 1.54) is 0 Å². The van der Waals surface area contributed by atoms with Crippen molar-refractivity contribution >= 4 is 39.7 Å². The van der Waals surface area contributed by atoms with E-state index < -0.39 is 0 Å². The number of nitrogens with zero attached hydrogens (tertiary/aromatic N) is 3. The molecule has 0 bridgehead atoms. The van der Waals surface area contributed by atoms with Crippen molar-refractivity contribution in [3.8, 4) is 10.4 Å². The number of carbonyl (C=O) groups excluding carboxylic acids is 2. The Morgan fingerprint density at radius 3 is 2.53 bits per heavy atom. The van der Waals surface area contributed by atoms with Gasteiger partial charge < -0.3 is 10.2 Å².